The van der Waals surface area contributed by atoms with Crippen LogP contribution in [-0.4, -0.2) is 28.8 Å². The van der Waals surface area contributed by atoms with Gasteiger partial charge >= 0.3 is 6.09 Å². The zero-order chi connectivity index (χ0) is 24.8. The molecule has 0 bridgehead atoms. The highest BCUT2D eigenvalue weighted by Crippen LogP contribution is 2.35. The fourth-order valence-electron chi connectivity index (χ4n) is 4.16. The number of cyclic esters (lactones) is 1. The van der Waals surface area contributed by atoms with Crippen LogP contribution in [0.15, 0.2) is 84.9 Å². The first-order valence-electron chi connectivity index (χ1n) is 11.7. The van der Waals surface area contributed by atoms with Gasteiger partial charge in [-0.2, -0.15) is 0 Å². The van der Waals surface area contributed by atoms with Gasteiger partial charge in [0.25, 0.3) is 0 Å². The Morgan fingerprint density at radius 3 is 2.34 bits per heavy atom. The van der Waals surface area contributed by atoms with Gasteiger partial charge in [0.15, 0.2) is 12.1 Å². The Hall–Kier alpha value is -4.13. The first-order chi connectivity index (χ1) is 17.0. The van der Waals surface area contributed by atoms with Crippen molar-refractivity contribution in [2.75, 3.05) is 5.32 Å². The average molecular weight is 472 g/mol. The van der Waals surface area contributed by atoms with Crippen LogP contribution < -0.4 is 10.6 Å². The van der Waals surface area contributed by atoms with E-state index in [1.54, 1.807) is 31.2 Å². The van der Waals surface area contributed by atoms with Crippen LogP contribution in [0.5, 0.6) is 0 Å². The molecular formula is C28H29N3O4. The molecule has 1 aliphatic heterocycles. The summed E-state index contributed by atoms with van der Waals surface area (Å²) in [5, 5.41) is 5.87. The van der Waals surface area contributed by atoms with Gasteiger partial charge in [-0.15, -0.1) is 0 Å². The fraction of sp³-hybridized carbons (Fsp3) is 0.250. The molecule has 0 saturated carbocycles. The highest BCUT2D eigenvalue weighted by Gasteiger charge is 2.47. The normalized spacial score (nSPS) is 18.0. The number of nitrogens with zero attached hydrogens (tertiary/aromatic N) is 1. The smallest absolute Gasteiger partial charge is 0.411 e. The summed E-state index contributed by atoms with van der Waals surface area (Å²) in [5.41, 5.74) is 3.07. The molecule has 2 N–H and O–H groups in total. The largest absolute Gasteiger partial charge is 0.438 e. The van der Waals surface area contributed by atoms with E-state index in [-0.39, 0.29) is 24.4 Å². The van der Waals surface area contributed by atoms with E-state index >= 15 is 0 Å². The zero-order valence-electron chi connectivity index (χ0n) is 19.8. The summed E-state index contributed by atoms with van der Waals surface area (Å²) < 4.78 is 5.75. The number of hydrogen-bond acceptors (Lipinski definition) is 4. The van der Waals surface area contributed by atoms with Crippen LogP contribution in [0.2, 0.25) is 0 Å². The standard InChI is InChI=1S/C28H29N3O4/c1-3-24(32)30-23-16-10-15-22(17-23)26-25(27(33)29-19(2)21-13-8-5-9-14-21)31(28(34)35-26)18-20-11-6-4-7-12-20/h4-17,19,25-26H,3,18H2,1-2H3,(H,29,33)(H,30,32)/t19-,25-,26-/m0/s1. The molecule has 0 spiro atoms. The zero-order valence-corrected chi connectivity index (χ0v) is 19.8. The van der Waals surface area contributed by atoms with Crippen LogP contribution in [0.3, 0.4) is 0 Å². The van der Waals surface area contributed by atoms with Gasteiger partial charge in [-0.1, -0.05) is 79.7 Å². The Morgan fingerprint density at radius 1 is 0.971 bits per heavy atom. The SMILES string of the molecule is CCC(=O)Nc1cccc([C@@H]2OC(=O)N(Cc3ccccc3)[C@@H]2C(=O)N[C@@H](C)c2ccccc2)c1. The van der Waals surface area contributed by atoms with E-state index in [0.29, 0.717) is 17.7 Å². The van der Waals surface area contributed by atoms with Crippen molar-refractivity contribution in [1.82, 2.24) is 10.2 Å². The molecule has 1 aliphatic rings. The monoisotopic (exact) mass is 471 g/mol. The lowest BCUT2D eigenvalue weighted by Gasteiger charge is -2.26. The predicted molar refractivity (Wildman–Crippen MR) is 133 cm³/mol. The number of benzene rings is 3. The molecule has 0 unspecified atom stereocenters. The molecule has 1 fully saturated rings. The maximum atomic E-state index is 13.6. The second-order valence-corrected chi connectivity index (χ2v) is 8.53. The number of carbonyl (C=O) groups is 3. The molecule has 3 aromatic carbocycles. The van der Waals surface area contributed by atoms with E-state index in [2.05, 4.69) is 10.6 Å². The summed E-state index contributed by atoms with van der Waals surface area (Å²) in [6.45, 7) is 3.91. The van der Waals surface area contributed by atoms with E-state index < -0.39 is 18.2 Å². The lowest BCUT2D eigenvalue weighted by molar-refractivity contribution is -0.127. The molecule has 3 atom stereocenters. The summed E-state index contributed by atoms with van der Waals surface area (Å²) in [5.74, 6) is -0.432. The fourth-order valence-corrected chi connectivity index (χ4v) is 4.16. The van der Waals surface area contributed by atoms with Gasteiger partial charge in [0.2, 0.25) is 11.8 Å². The minimum absolute atomic E-state index is 0.123. The summed E-state index contributed by atoms with van der Waals surface area (Å²) in [6.07, 6.45) is -1.04. The van der Waals surface area contributed by atoms with Crippen LogP contribution in [0.4, 0.5) is 10.5 Å². The Kier molecular flexibility index (Phi) is 7.45. The Morgan fingerprint density at radius 2 is 1.66 bits per heavy atom. The first-order valence-corrected chi connectivity index (χ1v) is 11.7. The number of anilines is 1. The Labute approximate surface area is 205 Å². The molecule has 35 heavy (non-hydrogen) atoms. The molecule has 7 heteroatoms. The molecule has 1 heterocycles. The van der Waals surface area contributed by atoms with E-state index in [0.717, 1.165) is 11.1 Å². The van der Waals surface area contributed by atoms with E-state index in [1.165, 1.54) is 4.90 Å². The van der Waals surface area contributed by atoms with Crippen LogP contribution >= 0.6 is 0 Å². The topological polar surface area (TPSA) is 87.7 Å². The van der Waals surface area contributed by atoms with Gasteiger partial charge in [-0.25, -0.2) is 4.79 Å². The van der Waals surface area contributed by atoms with Gasteiger partial charge in [-0.05, 0) is 35.7 Å². The number of carbonyl (C=O) groups excluding carboxylic acids is 3. The third-order valence-corrected chi connectivity index (χ3v) is 6.03. The molecule has 3 aromatic rings. The van der Waals surface area contributed by atoms with Crippen LogP contribution in [0.25, 0.3) is 0 Å². The summed E-state index contributed by atoms with van der Waals surface area (Å²) in [4.78, 5) is 40.0. The number of nitrogens with one attached hydrogen (secondary N) is 2. The predicted octanol–water partition coefficient (Wildman–Crippen LogP) is 4.97. The average Bonchev–Trinajstić information content (AvgIpc) is 3.21. The van der Waals surface area contributed by atoms with Gasteiger partial charge in [-0.3, -0.25) is 14.5 Å². The van der Waals surface area contributed by atoms with Gasteiger partial charge in [0.05, 0.1) is 12.6 Å². The maximum absolute atomic E-state index is 13.6. The summed E-state index contributed by atoms with van der Waals surface area (Å²) >= 11 is 0. The van der Waals surface area contributed by atoms with Crippen molar-refractivity contribution in [2.45, 2.75) is 45.0 Å². The van der Waals surface area contributed by atoms with Crippen molar-refractivity contribution in [3.8, 4) is 0 Å². The number of hydrogen-bond donors (Lipinski definition) is 2. The van der Waals surface area contributed by atoms with E-state index in [9.17, 15) is 14.4 Å². The molecule has 7 nitrogen and oxygen atoms in total. The lowest BCUT2D eigenvalue weighted by atomic mass is 9.99. The minimum Gasteiger partial charge on any atom is -0.438 e. The van der Waals surface area contributed by atoms with Crippen molar-refractivity contribution >= 4 is 23.6 Å². The molecule has 4 rings (SSSR count). The summed E-state index contributed by atoms with van der Waals surface area (Å²) in [6, 6.07) is 25.1. The Balaban J connectivity index is 1.64. The van der Waals surface area contributed by atoms with Gasteiger partial charge in [0, 0.05) is 12.1 Å². The maximum Gasteiger partial charge on any atom is 0.411 e. The highest BCUT2D eigenvalue weighted by molar-refractivity contribution is 5.91. The molecular weight excluding hydrogens is 442 g/mol. The van der Waals surface area contributed by atoms with E-state index in [4.69, 9.17) is 4.74 Å². The quantitative estimate of drug-likeness (QED) is 0.485. The summed E-state index contributed by atoms with van der Waals surface area (Å²) in [7, 11) is 0. The molecule has 1 saturated heterocycles. The third-order valence-electron chi connectivity index (χ3n) is 6.03. The molecule has 0 radical (unpaired) electrons. The van der Waals surface area contributed by atoms with Crippen molar-refractivity contribution < 1.29 is 19.1 Å². The van der Waals surface area contributed by atoms with Crippen molar-refractivity contribution in [2.24, 2.45) is 0 Å². The number of ether oxygens (including phenoxy) is 1. The Bertz CT molecular complexity index is 1180. The van der Waals surface area contributed by atoms with Crippen molar-refractivity contribution in [3.05, 3.63) is 102 Å². The molecule has 0 aromatic heterocycles. The second kappa shape index (κ2) is 10.9. The molecule has 180 valence electrons. The van der Waals surface area contributed by atoms with Crippen molar-refractivity contribution in [1.29, 1.82) is 0 Å². The molecule has 3 amide bonds. The van der Waals surface area contributed by atoms with Gasteiger partial charge < -0.3 is 15.4 Å². The highest BCUT2D eigenvalue weighted by atomic mass is 16.6. The first kappa shape index (κ1) is 24.0. The van der Waals surface area contributed by atoms with Gasteiger partial charge in [0.1, 0.15) is 0 Å². The second-order valence-electron chi connectivity index (χ2n) is 8.53. The third kappa shape index (κ3) is 5.69. The molecule has 0 aliphatic carbocycles. The van der Waals surface area contributed by atoms with Crippen LogP contribution in [0.1, 0.15) is 49.1 Å². The van der Waals surface area contributed by atoms with E-state index in [1.807, 2.05) is 67.6 Å². The number of rotatable bonds is 8. The minimum atomic E-state index is -0.883. The van der Waals surface area contributed by atoms with Crippen LogP contribution in [-0.2, 0) is 20.9 Å². The van der Waals surface area contributed by atoms with Crippen molar-refractivity contribution in [3.63, 3.8) is 0 Å². The van der Waals surface area contributed by atoms with Crippen LogP contribution in [0, 0.1) is 0 Å². The number of amides is 3. The lowest BCUT2D eigenvalue weighted by Crippen LogP contribution is -2.46.